The third-order valence-corrected chi connectivity index (χ3v) is 3.08. The van der Waals surface area contributed by atoms with Crippen LogP contribution in [0.2, 0.25) is 0 Å². The second-order valence-corrected chi connectivity index (χ2v) is 4.19. The van der Waals surface area contributed by atoms with Crippen molar-refractivity contribution < 1.29 is 0 Å². The van der Waals surface area contributed by atoms with Crippen molar-refractivity contribution in [2.45, 2.75) is 0 Å². The Kier molecular flexibility index (Phi) is 2.04. The van der Waals surface area contributed by atoms with Crippen molar-refractivity contribution >= 4 is 21.6 Å². The Hall–Kier alpha value is -2.01. The minimum atomic E-state index is -0.106. The molecule has 4 nitrogen and oxygen atoms in total. The number of hydrogen-bond donors (Lipinski definition) is 1. The predicted molar refractivity (Wildman–Crippen MR) is 63.5 cm³/mol. The van der Waals surface area contributed by atoms with E-state index < -0.39 is 0 Å². The summed E-state index contributed by atoms with van der Waals surface area (Å²) in [5.41, 5.74) is 0.708. The molecule has 0 saturated heterocycles. The molecule has 0 aliphatic rings. The Balaban J connectivity index is 2.30. The molecule has 1 N–H and O–H groups in total. The maximum absolute atomic E-state index is 11.7. The number of aromatic amines is 1. The first-order chi connectivity index (χ1) is 7.84. The van der Waals surface area contributed by atoms with Crippen LogP contribution in [0, 0.1) is 0 Å². The molecule has 0 unspecified atom stereocenters. The summed E-state index contributed by atoms with van der Waals surface area (Å²) in [5, 5.41) is 2.50. The quantitative estimate of drug-likeness (QED) is 0.694. The lowest BCUT2D eigenvalue weighted by Gasteiger charge is -1.99. The van der Waals surface area contributed by atoms with Crippen molar-refractivity contribution in [3.63, 3.8) is 0 Å². The summed E-state index contributed by atoms with van der Waals surface area (Å²) in [6, 6.07) is 5.46. The number of hydrogen-bond acceptors (Lipinski definition) is 4. The number of thiophene rings is 1. The highest BCUT2D eigenvalue weighted by molar-refractivity contribution is 7.16. The van der Waals surface area contributed by atoms with Crippen molar-refractivity contribution in [1.82, 2.24) is 15.0 Å². The molecule has 0 spiro atoms. The minimum Gasteiger partial charge on any atom is -0.306 e. The molecular weight excluding hydrogens is 222 g/mol. The van der Waals surface area contributed by atoms with E-state index in [1.54, 1.807) is 18.5 Å². The summed E-state index contributed by atoms with van der Waals surface area (Å²) in [6.07, 6.45) is 3.36. The predicted octanol–water partition coefficient (Wildman–Crippen LogP) is 2.05. The summed E-state index contributed by atoms with van der Waals surface area (Å²) in [5.74, 6) is 0.563. The average molecular weight is 229 g/mol. The van der Waals surface area contributed by atoms with Gasteiger partial charge in [-0.05, 0) is 23.6 Å². The zero-order valence-corrected chi connectivity index (χ0v) is 8.99. The van der Waals surface area contributed by atoms with Gasteiger partial charge in [-0.2, -0.15) is 0 Å². The zero-order valence-electron chi connectivity index (χ0n) is 8.18. The summed E-state index contributed by atoms with van der Waals surface area (Å²) >= 11 is 1.46. The van der Waals surface area contributed by atoms with E-state index in [-0.39, 0.29) is 5.56 Å². The lowest BCUT2D eigenvalue weighted by molar-refractivity contribution is 1.17. The SMILES string of the molecule is O=c1[nH]c(-c2cccnc2)nc2sccc12. The normalized spacial score (nSPS) is 10.8. The van der Waals surface area contributed by atoms with Gasteiger partial charge < -0.3 is 4.98 Å². The fourth-order valence-corrected chi connectivity index (χ4v) is 2.27. The molecule has 3 rings (SSSR count). The molecule has 0 aromatic carbocycles. The molecule has 78 valence electrons. The van der Waals surface area contributed by atoms with Gasteiger partial charge in [0, 0.05) is 18.0 Å². The van der Waals surface area contributed by atoms with E-state index in [0.29, 0.717) is 11.2 Å². The van der Waals surface area contributed by atoms with E-state index in [4.69, 9.17) is 0 Å². The molecule has 3 heterocycles. The standard InChI is InChI=1S/C11H7N3OS/c15-10-8-3-5-16-11(8)14-9(13-10)7-2-1-4-12-6-7/h1-6H,(H,13,14,15). The van der Waals surface area contributed by atoms with Crippen LogP contribution in [0.4, 0.5) is 0 Å². The highest BCUT2D eigenvalue weighted by Gasteiger charge is 2.06. The molecule has 5 heteroatoms. The van der Waals surface area contributed by atoms with Crippen LogP contribution in [0.15, 0.2) is 40.8 Å². The third kappa shape index (κ3) is 1.42. The van der Waals surface area contributed by atoms with E-state index >= 15 is 0 Å². The van der Waals surface area contributed by atoms with Gasteiger partial charge in [-0.25, -0.2) is 4.98 Å². The number of rotatable bonds is 1. The first-order valence-electron chi connectivity index (χ1n) is 4.72. The Labute approximate surface area is 94.6 Å². The number of fused-ring (bicyclic) bond motifs is 1. The zero-order chi connectivity index (χ0) is 11.0. The second-order valence-electron chi connectivity index (χ2n) is 3.30. The lowest BCUT2D eigenvalue weighted by Crippen LogP contribution is -2.07. The van der Waals surface area contributed by atoms with Gasteiger partial charge in [-0.15, -0.1) is 11.3 Å². The highest BCUT2D eigenvalue weighted by Crippen LogP contribution is 2.18. The fourth-order valence-electron chi connectivity index (χ4n) is 1.50. The molecule has 0 aliphatic carbocycles. The summed E-state index contributed by atoms with van der Waals surface area (Å²) < 4.78 is 0. The van der Waals surface area contributed by atoms with Gasteiger partial charge in [0.1, 0.15) is 10.7 Å². The van der Waals surface area contributed by atoms with Crippen LogP contribution in [0.25, 0.3) is 21.6 Å². The summed E-state index contributed by atoms with van der Waals surface area (Å²) in [7, 11) is 0. The third-order valence-electron chi connectivity index (χ3n) is 2.27. The number of pyridine rings is 1. The molecule has 3 aromatic heterocycles. The van der Waals surface area contributed by atoms with Crippen molar-refractivity contribution in [3.8, 4) is 11.4 Å². The molecule has 0 saturated carbocycles. The van der Waals surface area contributed by atoms with Gasteiger partial charge in [-0.3, -0.25) is 9.78 Å². The van der Waals surface area contributed by atoms with Crippen LogP contribution in [0.3, 0.4) is 0 Å². The van der Waals surface area contributed by atoms with E-state index in [2.05, 4.69) is 15.0 Å². The first kappa shape index (κ1) is 9.23. The van der Waals surface area contributed by atoms with E-state index in [0.717, 1.165) is 10.4 Å². The Morgan fingerprint density at radius 1 is 1.31 bits per heavy atom. The molecule has 0 bridgehead atoms. The maximum Gasteiger partial charge on any atom is 0.259 e. The first-order valence-corrected chi connectivity index (χ1v) is 5.60. The summed E-state index contributed by atoms with van der Waals surface area (Å²) in [6.45, 7) is 0. The van der Waals surface area contributed by atoms with Gasteiger partial charge in [-0.1, -0.05) is 0 Å². The molecule has 16 heavy (non-hydrogen) atoms. The Morgan fingerprint density at radius 3 is 3.06 bits per heavy atom. The number of aromatic nitrogens is 3. The van der Waals surface area contributed by atoms with Gasteiger partial charge >= 0.3 is 0 Å². The molecule has 0 atom stereocenters. The van der Waals surface area contributed by atoms with Gasteiger partial charge in [0.2, 0.25) is 0 Å². The Morgan fingerprint density at radius 2 is 2.25 bits per heavy atom. The number of H-pyrrole nitrogens is 1. The number of nitrogens with one attached hydrogen (secondary N) is 1. The van der Waals surface area contributed by atoms with Gasteiger partial charge in [0.25, 0.3) is 5.56 Å². The Bertz CT molecular complexity index is 687. The van der Waals surface area contributed by atoms with Crippen LogP contribution < -0.4 is 5.56 Å². The summed E-state index contributed by atoms with van der Waals surface area (Å²) in [4.78, 5) is 23.6. The van der Waals surface area contributed by atoms with E-state index in [1.807, 2.05) is 17.5 Å². The molecule has 0 fully saturated rings. The van der Waals surface area contributed by atoms with Crippen LogP contribution in [0.1, 0.15) is 0 Å². The molecular formula is C11H7N3OS. The monoisotopic (exact) mass is 229 g/mol. The molecule has 0 amide bonds. The van der Waals surface area contributed by atoms with Crippen molar-refractivity contribution in [2.24, 2.45) is 0 Å². The smallest absolute Gasteiger partial charge is 0.259 e. The van der Waals surface area contributed by atoms with Crippen molar-refractivity contribution in [3.05, 3.63) is 46.3 Å². The largest absolute Gasteiger partial charge is 0.306 e. The minimum absolute atomic E-state index is 0.106. The van der Waals surface area contributed by atoms with Gasteiger partial charge in [0.15, 0.2) is 0 Å². The van der Waals surface area contributed by atoms with E-state index in [1.165, 1.54) is 11.3 Å². The van der Waals surface area contributed by atoms with E-state index in [9.17, 15) is 4.79 Å². The topological polar surface area (TPSA) is 58.6 Å². The van der Waals surface area contributed by atoms with Crippen molar-refractivity contribution in [1.29, 1.82) is 0 Å². The van der Waals surface area contributed by atoms with Crippen molar-refractivity contribution in [2.75, 3.05) is 0 Å². The lowest BCUT2D eigenvalue weighted by atomic mass is 10.2. The van der Waals surface area contributed by atoms with Gasteiger partial charge in [0.05, 0.1) is 5.39 Å². The molecule has 3 aromatic rings. The second kappa shape index (κ2) is 3.53. The van der Waals surface area contributed by atoms with Crippen LogP contribution in [-0.4, -0.2) is 15.0 Å². The maximum atomic E-state index is 11.7. The highest BCUT2D eigenvalue weighted by atomic mass is 32.1. The number of nitrogens with zero attached hydrogens (tertiary/aromatic N) is 2. The fraction of sp³-hybridized carbons (Fsp3) is 0. The molecule has 0 radical (unpaired) electrons. The molecule has 0 aliphatic heterocycles. The van der Waals surface area contributed by atoms with Crippen LogP contribution in [0.5, 0.6) is 0 Å². The van der Waals surface area contributed by atoms with Crippen LogP contribution in [-0.2, 0) is 0 Å². The average Bonchev–Trinajstić information content (AvgIpc) is 2.79. The van der Waals surface area contributed by atoms with Crippen LogP contribution >= 0.6 is 11.3 Å².